The number of hydrogen-bond acceptors (Lipinski definition) is 6. The summed E-state index contributed by atoms with van der Waals surface area (Å²) in [4.78, 5) is 36.1. The second-order valence-electron chi connectivity index (χ2n) is 6.79. The van der Waals surface area contributed by atoms with Crippen molar-refractivity contribution in [3.05, 3.63) is 59.1 Å². The van der Waals surface area contributed by atoms with Gasteiger partial charge >= 0.3 is 5.76 Å². The van der Waals surface area contributed by atoms with Crippen LogP contribution in [0.5, 0.6) is 11.5 Å². The van der Waals surface area contributed by atoms with Gasteiger partial charge in [-0.2, -0.15) is 0 Å². The van der Waals surface area contributed by atoms with Crippen LogP contribution in [-0.4, -0.2) is 29.1 Å². The summed E-state index contributed by atoms with van der Waals surface area (Å²) >= 11 is 0. The number of aryl methyl sites for hydroxylation is 1. The molecule has 0 saturated heterocycles. The number of oxazole rings is 1. The predicted molar refractivity (Wildman–Crippen MR) is 114 cm³/mol. The maximum Gasteiger partial charge on any atom is 0.419 e. The third kappa shape index (κ3) is 5.88. The highest BCUT2D eigenvalue weighted by Crippen LogP contribution is 2.18. The number of ether oxygens (including phenoxy) is 2. The summed E-state index contributed by atoms with van der Waals surface area (Å²) < 4.78 is 17.6. The van der Waals surface area contributed by atoms with Gasteiger partial charge in [0.05, 0.1) is 12.1 Å². The molecule has 1 unspecified atom stereocenters. The number of hydrogen-bond donors (Lipinski definition) is 2. The lowest BCUT2D eigenvalue weighted by Gasteiger charge is -2.15. The molecule has 31 heavy (non-hydrogen) atoms. The van der Waals surface area contributed by atoms with Crippen molar-refractivity contribution in [3.63, 3.8) is 0 Å². The second-order valence-corrected chi connectivity index (χ2v) is 6.79. The van der Waals surface area contributed by atoms with Crippen LogP contribution in [0.25, 0.3) is 11.1 Å². The van der Waals surface area contributed by atoms with E-state index in [0.717, 1.165) is 0 Å². The molecular formula is C22H25N3O6. The summed E-state index contributed by atoms with van der Waals surface area (Å²) in [5.74, 6) is -0.1000. The zero-order chi connectivity index (χ0) is 22.2. The fourth-order valence-electron chi connectivity index (χ4n) is 2.96. The molecule has 2 amide bonds. The molecule has 9 nitrogen and oxygen atoms in total. The largest absolute Gasteiger partial charge is 0.494 e. The third-order valence-corrected chi connectivity index (χ3v) is 4.50. The minimum Gasteiger partial charge on any atom is -0.494 e. The number of nitrogens with one attached hydrogen (secondary N) is 2. The lowest BCUT2D eigenvalue weighted by atomic mass is 10.3. The van der Waals surface area contributed by atoms with Gasteiger partial charge in [-0.1, -0.05) is 12.1 Å². The first-order valence-corrected chi connectivity index (χ1v) is 10.0. The summed E-state index contributed by atoms with van der Waals surface area (Å²) in [7, 11) is 0. The van der Waals surface area contributed by atoms with Gasteiger partial charge in [0.2, 0.25) is 5.91 Å². The molecule has 1 aromatic heterocycles. The van der Waals surface area contributed by atoms with Crippen molar-refractivity contribution in [2.24, 2.45) is 0 Å². The zero-order valence-corrected chi connectivity index (χ0v) is 17.4. The molecule has 2 N–H and O–H groups in total. The number of carbonyl (C=O) groups is 2. The molecule has 9 heteroatoms. The molecule has 3 rings (SSSR count). The standard InChI is InChI=1S/C22H25N3O6/c1-3-29-16-10-12-17(13-11-16)30-15(2)21(27)24-23-20(26)9-6-14-25-18-7-4-5-8-19(18)31-22(25)28/h4-5,7-8,10-13,15H,3,6,9,14H2,1-2H3,(H,23,26)(H,24,27). The number of fused-ring (bicyclic) bond motifs is 1. The Hall–Kier alpha value is -3.75. The van der Waals surface area contributed by atoms with Crippen LogP contribution in [0.3, 0.4) is 0 Å². The first kappa shape index (κ1) is 21.9. The van der Waals surface area contributed by atoms with E-state index in [9.17, 15) is 14.4 Å². The highest BCUT2D eigenvalue weighted by atomic mass is 16.5. The van der Waals surface area contributed by atoms with E-state index < -0.39 is 17.8 Å². The number of rotatable bonds is 9. The van der Waals surface area contributed by atoms with Crippen LogP contribution in [-0.2, 0) is 16.1 Å². The molecule has 0 saturated carbocycles. The number of hydrazine groups is 1. The molecular weight excluding hydrogens is 402 g/mol. The number of benzene rings is 2. The Morgan fingerprint density at radius 1 is 1.06 bits per heavy atom. The molecule has 2 aromatic carbocycles. The summed E-state index contributed by atoms with van der Waals surface area (Å²) in [6, 6.07) is 14.0. The zero-order valence-electron chi connectivity index (χ0n) is 17.4. The van der Waals surface area contributed by atoms with Crippen LogP contribution in [0.1, 0.15) is 26.7 Å². The molecule has 0 aliphatic heterocycles. The molecule has 0 aliphatic carbocycles. The Morgan fingerprint density at radius 2 is 1.77 bits per heavy atom. The third-order valence-electron chi connectivity index (χ3n) is 4.50. The molecule has 1 atom stereocenters. The Kier molecular flexibility index (Phi) is 7.31. The number of amides is 2. The fraction of sp³-hybridized carbons (Fsp3) is 0.318. The van der Waals surface area contributed by atoms with E-state index in [-0.39, 0.29) is 12.3 Å². The summed E-state index contributed by atoms with van der Waals surface area (Å²) in [6.45, 7) is 4.36. The van der Waals surface area contributed by atoms with Crippen LogP contribution >= 0.6 is 0 Å². The van der Waals surface area contributed by atoms with E-state index in [0.29, 0.717) is 42.2 Å². The monoisotopic (exact) mass is 427 g/mol. The lowest BCUT2D eigenvalue weighted by molar-refractivity contribution is -0.132. The van der Waals surface area contributed by atoms with Gasteiger partial charge in [0, 0.05) is 13.0 Å². The van der Waals surface area contributed by atoms with Crippen LogP contribution in [0.2, 0.25) is 0 Å². The number of nitrogens with zero attached hydrogens (tertiary/aromatic N) is 1. The van der Waals surface area contributed by atoms with Crippen molar-refractivity contribution in [2.75, 3.05) is 6.61 Å². The Balaban J connectivity index is 1.41. The van der Waals surface area contributed by atoms with Crippen molar-refractivity contribution in [3.8, 4) is 11.5 Å². The van der Waals surface area contributed by atoms with E-state index in [1.54, 1.807) is 49.4 Å². The van der Waals surface area contributed by atoms with Gasteiger partial charge < -0.3 is 13.9 Å². The van der Waals surface area contributed by atoms with Crippen LogP contribution in [0.4, 0.5) is 0 Å². The normalized spacial score (nSPS) is 11.7. The summed E-state index contributed by atoms with van der Waals surface area (Å²) in [5, 5.41) is 0. The maximum absolute atomic E-state index is 12.1. The number of carbonyl (C=O) groups excluding carboxylic acids is 2. The first-order chi connectivity index (χ1) is 15.0. The Labute approximate surface area is 178 Å². The van der Waals surface area contributed by atoms with E-state index in [4.69, 9.17) is 13.9 Å². The average molecular weight is 427 g/mol. The lowest BCUT2D eigenvalue weighted by Crippen LogP contribution is -2.47. The second kappa shape index (κ2) is 10.3. The quantitative estimate of drug-likeness (QED) is 0.507. The van der Waals surface area contributed by atoms with Crippen molar-refractivity contribution >= 4 is 22.9 Å². The maximum atomic E-state index is 12.1. The summed E-state index contributed by atoms with van der Waals surface area (Å²) in [5.41, 5.74) is 5.89. The molecule has 0 spiro atoms. The highest BCUT2D eigenvalue weighted by molar-refractivity contribution is 5.84. The highest BCUT2D eigenvalue weighted by Gasteiger charge is 2.16. The van der Waals surface area contributed by atoms with E-state index >= 15 is 0 Å². The van der Waals surface area contributed by atoms with Gasteiger partial charge in [-0.25, -0.2) is 4.79 Å². The minimum atomic E-state index is -0.811. The van der Waals surface area contributed by atoms with E-state index in [1.165, 1.54) is 4.57 Å². The van der Waals surface area contributed by atoms with Crippen molar-refractivity contribution in [2.45, 2.75) is 39.3 Å². The van der Waals surface area contributed by atoms with Crippen molar-refractivity contribution in [1.82, 2.24) is 15.4 Å². The van der Waals surface area contributed by atoms with E-state index in [1.807, 2.05) is 13.0 Å². The number of para-hydroxylation sites is 2. The Morgan fingerprint density at radius 3 is 2.52 bits per heavy atom. The molecule has 0 bridgehead atoms. The molecule has 0 radical (unpaired) electrons. The van der Waals surface area contributed by atoms with Crippen molar-refractivity contribution < 1.29 is 23.5 Å². The van der Waals surface area contributed by atoms with E-state index in [2.05, 4.69) is 10.9 Å². The molecule has 3 aromatic rings. The minimum absolute atomic E-state index is 0.125. The van der Waals surface area contributed by atoms with Gasteiger partial charge in [-0.05, 0) is 56.7 Å². The van der Waals surface area contributed by atoms with Gasteiger partial charge in [0.1, 0.15) is 11.5 Å². The van der Waals surface area contributed by atoms with Crippen molar-refractivity contribution in [1.29, 1.82) is 0 Å². The summed E-state index contributed by atoms with van der Waals surface area (Å²) in [6.07, 6.45) is -0.280. The average Bonchev–Trinajstić information content (AvgIpc) is 3.08. The van der Waals surface area contributed by atoms with Gasteiger partial charge in [-0.15, -0.1) is 0 Å². The molecule has 1 heterocycles. The van der Waals surface area contributed by atoms with Gasteiger partial charge in [0.15, 0.2) is 11.7 Å². The fourth-order valence-corrected chi connectivity index (χ4v) is 2.96. The molecule has 164 valence electrons. The van der Waals surface area contributed by atoms with Gasteiger partial charge in [0.25, 0.3) is 5.91 Å². The predicted octanol–water partition coefficient (Wildman–Crippen LogP) is 2.39. The smallest absolute Gasteiger partial charge is 0.419 e. The van der Waals surface area contributed by atoms with Crippen LogP contribution in [0.15, 0.2) is 57.7 Å². The van der Waals surface area contributed by atoms with Crippen LogP contribution in [0, 0.1) is 0 Å². The topological polar surface area (TPSA) is 112 Å². The first-order valence-electron chi connectivity index (χ1n) is 10.0. The van der Waals surface area contributed by atoms with Crippen LogP contribution < -0.4 is 26.1 Å². The molecule has 0 aliphatic rings. The Bertz CT molecular complexity index is 1090. The number of aromatic nitrogens is 1. The SMILES string of the molecule is CCOc1ccc(OC(C)C(=O)NNC(=O)CCCn2c(=O)oc3ccccc32)cc1. The van der Waals surface area contributed by atoms with Gasteiger partial charge in [-0.3, -0.25) is 25.0 Å². The molecule has 0 fully saturated rings.